The van der Waals surface area contributed by atoms with Gasteiger partial charge in [0.2, 0.25) is 0 Å². The van der Waals surface area contributed by atoms with E-state index in [0.717, 1.165) is 0 Å². The molecule has 1 aromatic carbocycles. The molecule has 1 aromatic rings. The van der Waals surface area contributed by atoms with E-state index < -0.39 is 0 Å². The molecule has 4 rings (SSSR count). The van der Waals surface area contributed by atoms with Crippen LogP contribution in [0.2, 0.25) is 0 Å². The van der Waals surface area contributed by atoms with E-state index in [2.05, 4.69) is 75.6 Å². The lowest BCUT2D eigenvalue weighted by atomic mass is 9.22. The van der Waals surface area contributed by atoms with Gasteiger partial charge in [-0.3, -0.25) is 5.43 Å². The van der Waals surface area contributed by atoms with E-state index in [0.29, 0.717) is 0 Å². The Bertz CT molecular complexity index is 677. The predicted molar refractivity (Wildman–Crippen MR) is 79.1 cm³/mol. The molecule has 0 unspecified atom stereocenters. The molecule has 3 aliphatic rings. The number of rotatable bonds is 1. The topological polar surface area (TPSA) is 36.8 Å². The summed E-state index contributed by atoms with van der Waals surface area (Å²) in [6.07, 6.45) is 0. The van der Waals surface area contributed by atoms with E-state index in [1.165, 1.54) is 16.7 Å². The smallest absolute Gasteiger partial charge is 0.143 e. The molecule has 2 aliphatic carbocycles. The van der Waals surface area contributed by atoms with Gasteiger partial charge in [-0.1, -0.05) is 60.5 Å². The lowest BCUT2D eigenvalue weighted by molar-refractivity contribution is -0.205. The third-order valence-corrected chi connectivity index (χ3v) is 7.17. The van der Waals surface area contributed by atoms with Crippen molar-refractivity contribution in [3.05, 3.63) is 47.0 Å². The normalized spacial score (nSPS) is 48.0. The third kappa shape index (κ3) is 0.737. The van der Waals surface area contributed by atoms with Gasteiger partial charge in [0.1, 0.15) is 5.54 Å². The van der Waals surface area contributed by atoms with E-state index in [9.17, 15) is 0 Å². The maximum absolute atomic E-state index is 4.74. The molecule has 0 amide bonds. The van der Waals surface area contributed by atoms with Gasteiger partial charge >= 0.3 is 0 Å². The monoisotopic (exact) mass is 267 g/mol. The molecule has 3 nitrogen and oxygen atoms in total. The number of nitrogens with zero attached hydrogens (tertiary/aromatic N) is 2. The molecule has 1 fully saturated rings. The zero-order chi connectivity index (χ0) is 14.4. The first-order valence-corrected chi connectivity index (χ1v) is 7.31. The van der Waals surface area contributed by atoms with Gasteiger partial charge in [0.15, 0.2) is 0 Å². The van der Waals surface area contributed by atoms with Crippen molar-refractivity contribution in [2.45, 2.75) is 45.7 Å². The zero-order valence-electron chi connectivity index (χ0n) is 12.8. The summed E-state index contributed by atoms with van der Waals surface area (Å²) in [5, 5.41) is 9.02. The lowest BCUT2D eigenvalue weighted by Crippen LogP contribution is -2.88. The summed E-state index contributed by atoms with van der Waals surface area (Å²) >= 11 is 0. The molecule has 104 valence electrons. The maximum atomic E-state index is 4.74. The van der Waals surface area contributed by atoms with Crippen LogP contribution in [0.15, 0.2) is 51.8 Å². The van der Waals surface area contributed by atoms with Crippen LogP contribution in [0.3, 0.4) is 0 Å². The van der Waals surface area contributed by atoms with Gasteiger partial charge in [0.25, 0.3) is 0 Å². The van der Waals surface area contributed by atoms with Crippen LogP contribution in [0.1, 0.15) is 40.2 Å². The van der Waals surface area contributed by atoms with Crippen molar-refractivity contribution in [3.8, 4) is 0 Å². The van der Waals surface area contributed by atoms with Gasteiger partial charge in [-0.05, 0) is 26.3 Å². The molecule has 3 heteroatoms. The molecule has 1 heterocycles. The Morgan fingerprint density at radius 2 is 1.50 bits per heavy atom. The molecule has 0 radical (unpaired) electrons. The second-order valence-corrected chi connectivity index (χ2v) is 7.01. The average Bonchev–Trinajstić information content (AvgIpc) is 2.82. The maximum Gasteiger partial charge on any atom is 0.143 e. The highest BCUT2D eigenvalue weighted by atomic mass is 15.6. The molecule has 1 N–H and O–H groups in total. The Morgan fingerprint density at radius 1 is 0.900 bits per heavy atom. The van der Waals surface area contributed by atoms with Crippen molar-refractivity contribution < 1.29 is 0 Å². The van der Waals surface area contributed by atoms with E-state index in [4.69, 9.17) is 5.11 Å². The fourth-order valence-electron chi connectivity index (χ4n) is 5.65. The largest absolute Gasteiger partial charge is 0.282 e. The Morgan fingerprint density at radius 3 is 2.15 bits per heavy atom. The number of nitrogens with one attached hydrogen (secondary N) is 1. The SMILES string of the molecule is CC1=C(C)[C@@]2(C)[C@]1(C)[C@@]1(C)NN=N[C@@]12c1ccccc1. The first kappa shape index (κ1) is 12.1. The molecule has 20 heavy (non-hydrogen) atoms. The number of hydrogen-bond acceptors (Lipinski definition) is 3. The zero-order valence-corrected chi connectivity index (χ0v) is 12.8. The summed E-state index contributed by atoms with van der Waals surface area (Å²) in [5.41, 5.74) is 7.33. The Kier molecular flexibility index (Phi) is 1.82. The van der Waals surface area contributed by atoms with E-state index in [1.54, 1.807) is 0 Å². The van der Waals surface area contributed by atoms with Crippen LogP contribution in [0.25, 0.3) is 0 Å². The Balaban J connectivity index is 2.04. The van der Waals surface area contributed by atoms with Crippen molar-refractivity contribution in [1.29, 1.82) is 0 Å². The Hall–Kier alpha value is -1.64. The first-order valence-electron chi connectivity index (χ1n) is 7.31. The van der Waals surface area contributed by atoms with Crippen molar-refractivity contribution in [2.75, 3.05) is 0 Å². The number of fused-ring (bicyclic) bond motifs is 4. The fourth-order valence-corrected chi connectivity index (χ4v) is 5.65. The van der Waals surface area contributed by atoms with Crippen molar-refractivity contribution in [2.24, 2.45) is 21.2 Å². The predicted octanol–water partition coefficient (Wildman–Crippen LogP) is 3.99. The van der Waals surface area contributed by atoms with Crippen LogP contribution in [0, 0.1) is 10.8 Å². The second kappa shape index (κ2) is 3.00. The van der Waals surface area contributed by atoms with Crippen LogP contribution >= 0.6 is 0 Å². The minimum atomic E-state index is -0.278. The van der Waals surface area contributed by atoms with Crippen LogP contribution in [-0.4, -0.2) is 5.54 Å². The summed E-state index contributed by atoms with van der Waals surface area (Å²) in [7, 11) is 0. The minimum Gasteiger partial charge on any atom is -0.282 e. The molecule has 0 saturated heterocycles. The van der Waals surface area contributed by atoms with Crippen LogP contribution < -0.4 is 5.43 Å². The number of hydrogen-bond donors (Lipinski definition) is 1. The van der Waals surface area contributed by atoms with E-state index >= 15 is 0 Å². The van der Waals surface area contributed by atoms with Crippen molar-refractivity contribution in [3.63, 3.8) is 0 Å². The standard InChI is InChI=1S/C17H21N3/c1-11-12(2)15(4)14(11,3)16(5)17(15,19-20-18-16)13-9-7-6-8-10-13/h6-10H,1-5H3,(H,18,19)/t14-,15+,16-,17-/m1/s1. The van der Waals surface area contributed by atoms with Crippen LogP contribution in [0.4, 0.5) is 0 Å². The summed E-state index contributed by atoms with van der Waals surface area (Å²) in [4.78, 5) is 0. The second-order valence-electron chi connectivity index (χ2n) is 7.01. The molecule has 1 aliphatic heterocycles. The van der Waals surface area contributed by atoms with Crippen molar-refractivity contribution in [1.82, 2.24) is 5.43 Å². The quantitative estimate of drug-likeness (QED) is 0.767. The van der Waals surface area contributed by atoms with Crippen LogP contribution in [0.5, 0.6) is 0 Å². The third-order valence-electron chi connectivity index (χ3n) is 7.17. The first-order chi connectivity index (χ1) is 9.38. The highest BCUT2D eigenvalue weighted by molar-refractivity contribution is 5.62. The summed E-state index contributed by atoms with van der Waals surface area (Å²) in [6, 6.07) is 10.6. The molecule has 0 aromatic heterocycles. The molecule has 0 bridgehead atoms. The van der Waals surface area contributed by atoms with E-state index in [1.807, 2.05) is 0 Å². The Labute approximate surface area is 120 Å². The molecule has 1 saturated carbocycles. The van der Waals surface area contributed by atoms with Gasteiger partial charge in [0.05, 0.1) is 5.54 Å². The average molecular weight is 267 g/mol. The van der Waals surface area contributed by atoms with Gasteiger partial charge in [-0.2, -0.15) is 5.11 Å². The lowest BCUT2D eigenvalue weighted by Gasteiger charge is -2.81. The van der Waals surface area contributed by atoms with Crippen LogP contribution in [-0.2, 0) is 5.54 Å². The fraction of sp³-hybridized carbons (Fsp3) is 0.529. The van der Waals surface area contributed by atoms with Gasteiger partial charge in [-0.15, -0.1) is 0 Å². The molecular formula is C17H21N3. The summed E-state index contributed by atoms with van der Waals surface area (Å²) in [6.45, 7) is 11.5. The van der Waals surface area contributed by atoms with E-state index in [-0.39, 0.29) is 21.9 Å². The number of benzene rings is 1. The van der Waals surface area contributed by atoms with Gasteiger partial charge in [-0.25, -0.2) is 0 Å². The van der Waals surface area contributed by atoms with Gasteiger partial charge < -0.3 is 0 Å². The van der Waals surface area contributed by atoms with Gasteiger partial charge in [0, 0.05) is 10.8 Å². The summed E-state index contributed by atoms with van der Waals surface area (Å²) in [5.74, 6) is 0. The molecular weight excluding hydrogens is 246 g/mol. The highest BCUT2D eigenvalue weighted by Crippen LogP contribution is 2.85. The summed E-state index contributed by atoms with van der Waals surface area (Å²) < 4.78 is 0. The minimum absolute atomic E-state index is 0.0488. The van der Waals surface area contributed by atoms with Crippen molar-refractivity contribution >= 4 is 0 Å². The molecule has 4 atom stereocenters. The highest BCUT2D eigenvalue weighted by Gasteiger charge is 2.90. The molecule has 0 spiro atoms.